The zero-order valence-corrected chi connectivity index (χ0v) is 15.3. The van der Waals surface area contributed by atoms with Gasteiger partial charge in [0.25, 0.3) is 0 Å². The number of carboxylic acids is 1. The second-order valence-electron chi connectivity index (χ2n) is 7.63. The van der Waals surface area contributed by atoms with Crippen LogP contribution in [0.15, 0.2) is 30.4 Å². The molecule has 0 radical (unpaired) electrons. The number of carbonyl (C=O) groups excluding carboxylic acids is 1. The highest BCUT2D eigenvalue weighted by molar-refractivity contribution is 5.87. The zero-order chi connectivity index (χ0) is 19.3. The highest BCUT2D eigenvalue weighted by Crippen LogP contribution is 2.40. The van der Waals surface area contributed by atoms with E-state index in [0.717, 1.165) is 36.7 Å². The van der Waals surface area contributed by atoms with Crippen molar-refractivity contribution in [2.45, 2.75) is 18.8 Å². The van der Waals surface area contributed by atoms with Gasteiger partial charge in [-0.1, -0.05) is 18.2 Å². The Morgan fingerprint density at radius 2 is 1.71 bits per heavy atom. The highest BCUT2D eigenvalue weighted by Gasteiger charge is 2.54. The molecule has 2 saturated heterocycles. The molecule has 2 bridgehead atoms. The van der Waals surface area contributed by atoms with Crippen molar-refractivity contribution < 1.29 is 28.9 Å². The molecule has 0 spiro atoms. The van der Waals surface area contributed by atoms with Crippen LogP contribution in [0.1, 0.15) is 5.56 Å². The SMILES string of the molecule is O=C(O)[C@@H]1[C@@H](C(=O)N2CCN(Cc3ccc4c(c3)OCO4)CC2)[C@H]2C=C[C@@H]1O2. The Balaban J connectivity index is 1.20. The first-order valence-electron chi connectivity index (χ1n) is 9.56. The number of ether oxygens (including phenoxy) is 3. The average molecular weight is 386 g/mol. The van der Waals surface area contributed by atoms with Crippen LogP contribution in [-0.2, 0) is 20.9 Å². The molecule has 0 aliphatic carbocycles. The maximum atomic E-state index is 13.0. The summed E-state index contributed by atoms with van der Waals surface area (Å²) >= 11 is 0. The molecule has 1 N–H and O–H groups in total. The highest BCUT2D eigenvalue weighted by atomic mass is 16.7. The van der Waals surface area contributed by atoms with E-state index in [2.05, 4.69) is 4.90 Å². The van der Waals surface area contributed by atoms with Gasteiger partial charge in [0.2, 0.25) is 12.7 Å². The molecule has 1 amide bonds. The molecule has 28 heavy (non-hydrogen) atoms. The summed E-state index contributed by atoms with van der Waals surface area (Å²) in [6, 6.07) is 5.95. The van der Waals surface area contributed by atoms with Crippen molar-refractivity contribution >= 4 is 11.9 Å². The number of nitrogens with zero attached hydrogens (tertiary/aromatic N) is 2. The Labute approximate surface area is 162 Å². The predicted octanol–water partition coefficient (Wildman–Crippen LogP) is 0.714. The topological polar surface area (TPSA) is 88.5 Å². The lowest BCUT2D eigenvalue weighted by Gasteiger charge is -2.37. The van der Waals surface area contributed by atoms with Crippen molar-refractivity contribution in [1.29, 1.82) is 0 Å². The summed E-state index contributed by atoms with van der Waals surface area (Å²) in [6.07, 6.45) is 2.69. The number of carboxylic acid groups (broad SMARTS) is 1. The molecule has 5 rings (SSSR count). The van der Waals surface area contributed by atoms with Gasteiger partial charge in [0.05, 0.1) is 18.1 Å². The summed E-state index contributed by atoms with van der Waals surface area (Å²) in [5, 5.41) is 9.51. The number of benzene rings is 1. The molecule has 0 unspecified atom stereocenters. The van der Waals surface area contributed by atoms with E-state index in [1.54, 1.807) is 11.0 Å². The monoisotopic (exact) mass is 386 g/mol. The summed E-state index contributed by atoms with van der Waals surface area (Å²) < 4.78 is 16.4. The van der Waals surface area contributed by atoms with Crippen molar-refractivity contribution in [2.75, 3.05) is 33.0 Å². The van der Waals surface area contributed by atoms with Gasteiger partial charge < -0.3 is 24.2 Å². The van der Waals surface area contributed by atoms with E-state index in [9.17, 15) is 14.7 Å². The smallest absolute Gasteiger partial charge is 0.310 e. The quantitative estimate of drug-likeness (QED) is 0.763. The Morgan fingerprint density at radius 3 is 2.46 bits per heavy atom. The van der Waals surface area contributed by atoms with Gasteiger partial charge in [-0.05, 0) is 17.7 Å². The first-order chi connectivity index (χ1) is 13.6. The van der Waals surface area contributed by atoms with Crippen molar-refractivity contribution in [3.63, 3.8) is 0 Å². The number of hydrogen-bond donors (Lipinski definition) is 1. The Kier molecular flexibility index (Phi) is 4.25. The number of carbonyl (C=O) groups is 2. The van der Waals surface area contributed by atoms with Gasteiger partial charge in [-0.2, -0.15) is 0 Å². The second-order valence-corrected chi connectivity index (χ2v) is 7.63. The third-order valence-electron chi connectivity index (χ3n) is 6.00. The van der Waals surface area contributed by atoms with E-state index in [0.29, 0.717) is 13.1 Å². The summed E-state index contributed by atoms with van der Waals surface area (Å²) in [5.74, 6) is -0.921. The fourth-order valence-electron chi connectivity index (χ4n) is 4.53. The lowest BCUT2D eigenvalue weighted by Crippen LogP contribution is -2.52. The number of aliphatic carboxylic acids is 1. The number of amides is 1. The van der Waals surface area contributed by atoms with E-state index in [1.165, 1.54) is 0 Å². The summed E-state index contributed by atoms with van der Waals surface area (Å²) in [6.45, 7) is 3.71. The van der Waals surface area contributed by atoms with Gasteiger partial charge in [0.1, 0.15) is 5.92 Å². The molecule has 4 heterocycles. The van der Waals surface area contributed by atoms with Crippen molar-refractivity contribution in [1.82, 2.24) is 9.80 Å². The Morgan fingerprint density at radius 1 is 1.00 bits per heavy atom. The van der Waals surface area contributed by atoms with Crippen LogP contribution in [0.2, 0.25) is 0 Å². The Hall–Kier alpha value is -2.58. The molecule has 8 heteroatoms. The van der Waals surface area contributed by atoms with Crippen LogP contribution < -0.4 is 9.47 Å². The molecule has 0 saturated carbocycles. The molecule has 1 aromatic rings. The van der Waals surface area contributed by atoms with E-state index in [1.807, 2.05) is 24.3 Å². The van der Waals surface area contributed by atoms with E-state index >= 15 is 0 Å². The third kappa shape index (κ3) is 2.93. The molecule has 4 aliphatic heterocycles. The van der Waals surface area contributed by atoms with E-state index < -0.39 is 30.0 Å². The minimum Gasteiger partial charge on any atom is -0.481 e. The molecule has 1 aromatic carbocycles. The maximum absolute atomic E-state index is 13.0. The fraction of sp³-hybridized carbons (Fsp3) is 0.500. The van der Waals surface area contributed by atoms with Crippen LogP contribution >= 0.6 is 0 Å². The number of rotatable bonds is 4. The van der Waals surface area contributed by atoms with E-state index in [4.69, 9.17) is 14.2 Å². The molecule has 4 atom stereocenters. The van der Waals surface area contributed by atoms with Gasteiger partial charge in [-0.25, -0.2) is 0 Å². The van der Waals surface area contributed by atoms with Crippen molar-refractivity contribution in [2.24, 2.45) is 11.8 Å². The predicted molar refractivity (Wildman–Crippen MR) is 96.8 cm³/mol. The fourth-order valence-corrected chi connectivity index (χ4v) is 4.53. The van der Waals surface area contributed by atoms with Gasteiger partial charge in [-0.3, -0.25) is 14.5 Å². The molecule has 148 valence electrons. The van der Waals surface area contributed by atoms with Crippen LogP contribution in [-0.4, -0.2) is 72.0 Å². The molecular weight excluding hydrogens is 364 g/mol. The summed E-state index contributed by atoms with van der Waals surface area (Å²) in [5.41, 5.74) is 1.14. The molecule has 4 aliphatic rings. The van der Waals surface area contributed by atoms with Crippen molar-refractivity contribution in [3.05, 3.63) is 35.9 Å². The molecule has 2 fully saturated rings. The standard InChI is InChI=1S/C20H22N2O6/c23-19(17-14-3-4-15(28-14)18(17)20(24)25)22-7-5-21(6-8-22)10-12-1-2-13-16(9-12)27-11-26-13/h1-4,9,14-15,17-18H,5-8,10-11H2,(H,24,25)/t14-,15+,17+,18+/m1/s1. The largest absolute Gasteiger partial charge is 0.481 e. The van der Waals surface area contributed by atoms with Gasteiger partial charge in [-0.15, -0.1) is 0 Å². The first kappa shape index (κ1) is 17.5. The third-order valence-corrected chi connectivity index (χ3v) is 6.00. The number of fused-ring (bicyclic) bond motifs is 3. The lowest BCUT2D eigenvalue weighted by atomic mass is 9.82. The minimum absolute atomic E-state index is 0.105. The normalized spacial score (nSPS) is 30.8. The van der Waals surface area contributed by atoms with Gasteiger partial charge in [0, 0.05) is 32.7 Å². The van der Waals surface area contributed by atoms with Crippen LogP contribution in [0, 0.1) is 11.8 Å². The summed E-state index contributed by atoms with van der Waals surface area (Å²) in [4.78, 5) is 28.7. The minimum atomic E-state index is -0.961. The zero-order valence-electron chi connectivity index (χ0n) is 15.3. The lowest BCUT2D eigenvalue weighted by molar-refractivity contribution is -0.150. The van der Waals surface area contributed by atoms with Crippen LogP contribution in [0.4, 0.5) is 0 Å². The van der Waals surface area contributed by atoms with Gasteiger partial charge in [0.15, 0.2) is 11.5 Å². The summed E-state index contributed by atoms with van der Waals surface area (Å²) in [7, 11) is 0. The second kappa shape index (κ2) is 6.79. The maximum Gasteiger partial charge on any atom is 0.310 e. The number of piperazine rings is 1. The van der Waals surface area contributed by atoms with E-state index in [-0.39, 0.29) is 12.7 Å². The molecular formula is C20H22N2O6. The average Bonchev–Trinajstić information content (AvgIpc) is 3.43. The first-order valence-corrected chi connectivity index (χ1v) is 9.56. The van der Waals surface area contributed by atoms with Crippen LogP contribution in [0.3, 0.4) is 0 Å². The van der Waals surface area contributed by atoms with Crippen LogP contribution in [0.5, 0.6) is 11.5 Å². The molecule has 8 nitrogen and oxygen atoms in total. The Bertz CT molecular complexity index is 832. The van der Waals surface area contributed by atoms with Gasteiger partial charge >= 0.3 is 5.97 Å². The number of hydrogen-bond acceptors (Lipinski definition) is 6. The van der Waals surface area contributed by atoms with Crippen LogP contribution in [0.25, 0.3) is 0 Å². The molecule has 0 aromatic heterocycles. The van der Waals surface area contributed by atoms with Crippen molar-refractivity contribution in [3.8, 4) is 11.5 Å².